The molecule has 1 amide bonds. The van der Waals surface area contributed by atoms with Gasteiger partial charge < -0.3 is 14.5 Å². The molecule has 11 heteroatoms. The number of nitrogens with one attached hydrogen (secondary N) is 1. The minimum Gasteiger partial charge on any atom is -0.464 e. The van der Waals surface area contributed by atoms with Gasteiger partial charge in [-0.2, -0.15) is 4.80 Å². The third kappa shape index (κ3) is 4.51. The van der Waals surface area contributed by atoms with Crippen LogP contribution in [0.4, 0.5) is 9.39 Å². The first-order valence-corrected chi connectivity index (χ1v) is 10.1. The molecule has 1 N–H and O–H groups in total. The third-order valence-electron chi connectivity index (χ3n) is 4.13. The Balaban J connectivity index is 1.52. The molecule has 9 nitrogen and oxygen atoms in total. The van der Waals surface area contributed by atoms with Gasteiger partial charge in [-0.1, -0.05) is 12.1 Å². The zero-order valence-corrected chi connectivity index (χ0v) is 17.1. The number of esters is 1. The molecule has 4 aromatic rings. The van der Waals surface area contributed by atoms with Crippen molar-refractivity contribution in [3.63, 3.8) is 0 Å². The summed E-state index contributed by atoms with van der Waals surface area (Å²) in [5.41, 5.74) is 1.18. The molecule has 0 aliphatic rings. The lowest BCUT2D eigenvalue weighted by molar-refractivity contribution is -0.117. The van der Waals surface area contributed by atoms with Crippen LogP contribution in [0, 0.1) is 5.82 Å². The van der Waals surface area contributed by atoms with Crippen molar-refractivity contribution in [3.8, 4) is 22.7 Å². The fourth-order valence-corrected chi connectivity index (χ4v) is 3.77. The van der Waals surface area contributed by atoms with Crippen molar-refractivity contribution in [1.82, 2.24) is 20.2 Å². The number of ether oxygens (including phenoxy) is 1. The average Bonchev–Trinajstić information content (AvgIpc) is 3.49. The van der Waals surface area contributed by atoms with Crippen LogP contribution in [0.2, 0.25) is 0 Å². The summed E-state index contributed by atoms with van der Waals surface area (Å²) in [5.74, 6) is -0.796. The van der Waals surface area contributed by atoms with Gasteiger partial charge in [0.2, 0.25) is 11.7 Å². The number of aromatic nitrogens is 4. The highest BCUT2D eigenvalue weighted by Gasteiger charge is 2.24. The van der Waals surface area contributed by atoms with Crippen LogP contribution in [-0.2, 0) is 16.1 Å². The molecule has 0 aliphatic heterocycles. The van der Waals surface area contributed by atoms with E-state index in [1.165, 1.54) is 35.8 Å². The van der Waals surface area contributed by atoms with E-state index in [-0.39, 0.29) is 24.5 Å². The minimum absolute atomic E-state index is 0.186. The number of hydrogen-bond acceptors (Lipinski definition) is 8. The first-order valence-electron chi connectivity index (χ1n) is 9.21. The van der Waals surface area contributed by atoms with Gasteiger partial charge in [-0.05, 0) is 36.4 Å². The SMILES string of the molecule is CCOC(=O)c1c(-c2ccco2)csc1NC(=O)Cn1nnc(-c2cccc(F)c2)n1. The van der Waals surface area contributed by atoms with Crippen molar-refractivity contribution in [2.45, 2.75) is 13.5 Å². The molecular formula is C20H16FN5O4S. The number of hydrogen-bond donors (Lipinski definition) is 1. The van der Waals surface area contributed by atoms with Crippen molar-refractivity contribution in [1.29, 1.82) is 0 Å². The Bertz CT molecular complexity index is 1220. The first-order chi connectivity index (χ1) is 15.0. The second-order valence-corrected chi connectivity index (χ2v) is 7.13. The minimum atomic E-state index is -0.572. The van der Waals surface area contributed by atoms with Crippen LogP contribution in [0.15, 0.2) is 52.5 Å². The number of carbonyl (C=O) groups is 2. The first kappa shape index (κ1) is 20.4. The lowest BCUT2D eigenvalue weighted by atomic mass is 10.1. The van der Waals surface area contributed by atoms with E-state index in [2.05, 4.69) is 20.7 Å². The van der Waals surface area contributed by atoms with Crippen LogP contribution < -0.4 is 5.32 Å². The van der Waals surface area contributed by atoms with E-state index in [4.69, 9.17) is 9.15 Å². The van der Waals surface area contributed by atoms with Crippen molar-refractivity contribution in [3.05, 3.63) is 59.4 Å². The number of anilines is 1. The van der Waals surface area contributed by atoms with Gasteiger partial charge in [-0.25, -0.2) is 9.18 Å². The second kappa shape index (κ2) is 8.88. The van der Waals surface area contributed by atoms with Gasteiger partial charge in [0.1, 0.15) is 28.7 Å². The highest BCUT2D eigenvalue weighted by molar-refractivity contribution is 7.15. The van der Waals surface area contributed by atoms with Gasteiger partial charge in [0, 0.05) is 16.5 Å². The van der Waals surface area contributed by atoms with Gasteiger partial charge in [-0.3, -0.25) is 4.79 Å². The Hall–Kier alpha value is -3.86. The van der Waals surface area contributed by atoms with E-state index < -0.39 is 17.7 Å². The number of rotatable bonds is 7. The fourth-order valence-electron chi connectivity index (χ4n) is 2.82. The molecular weight excluding hydrogens is 425 g/mol. The molecule has 4 rings (SSSR count). The van der Waals surface area contributed by atoms with E-state index in [1.54, 1.807) is 30.5 Å². The van der Waals surface area contributed by atoms with Crippen molar-refractivity contribution in [2.75, 3.05) is 11.9 Å². The van der Waals surface area contributed by atoms with Gasteiger partial charge in [0.05, 0.1) is 12.9 Å². The Labute approximate surface area is 179 Å². The average molecular weight is 441 g/mol. The molecule has 3 aromatic heterocycles. The molecule has 0 radical (unpaired) electrons. The van der Waals surface area contributed by atoms with Crippen LogP contribution in [0.5, 0.6) is 0 Å². The van der Waals surface area contributed by atoms with Crippen LogP contribution in [0.25, 0.3) is 22.7 Å². The smallest absolute Gasteiger partial charge is 0.341 e. The molecule has 3 heterocycles. The predicted molar refractivity (Wildman–Crippen MR) is 110 cm³/mol. The zero-order chi connectivity index (χ0) is 21.8. The largest absolute Gasteiger partial charge is 0.464 e. The zero-order valence-electron chi connectivity index (χ0n) is 16.2. The lowest BCUT2D eigenvalue weighted by Crippen LogP contribution is -2.21. The number of tetrazole rings is 1. The predicted octanol–water partition coefficient (Wildman–Crippen LogP) is 3.62. The Morgan fingerprint density at radius 1 is 1.29 bits per heavy atom. The summed E-state index contributed by atoms with van der Waals surface area (Å²) < 4.78 is 23.9. The molecule has 0 fully saturated rings. The summed E-state index contributed by atoms with van der Waals surface area (Å²) in [6, 6.07) is 9.16. The molecule has 0 atom stereocenters. The molecule has 0 bridgehead atoms. The maximum Gasteiger partial charge on any atom is 0.341 e. The Kier molecular flexibility index (Phi) is 5.85. The Morgan fingerprint density at radius 3 is 2.90 bits per heavy atom. The van der Waals surface area contributed by atoms with Crippen LogP contribution in [-0.4, -0.2) is 38.7 Å². The molecule has 0 saturated heterocycles. The highest BCUT2D eigenvalue weighted by Crippen LogP contribution is 2.36. The van der Waals surface area contributed by atoms with Gasteiger partial charge in [0.25, 0.3) is 0 Å². The summed E-state index contributed by atoms with van der Waals surface area (Å²) in [5, 5.41) is 16.5. The standard InChI is InChI=1S/C20H16FN5O4S/c1-2-29-20(28)17-14(15-7-4-8-30-15)11-31-19(17)22-16(27)10-26-24-18(23-25-26)12-5-3-6-13(21)9-12/h3-9,11H,2,10H2,1H3,(H,22,27). The molecule has 1 aromatic carbocycles. The molecule has 0 unspecified atom stereocenters. The molecule has 31 heavy (non-hydrogen) atoms. The van der Waals surface area contributed by atoms with Crippen molar-refractivity contribution in [2.24, 2.45) is 0 Å². The number of nitrogens with zero attached hydrogens (tertiary/aromatic N) is 4. The maximum atomic E-state index is 13.4. The maximum absolute atomic E-state index is 13.4. The summed E-state index contributed by atoms with van der Waals surface area (Å²) in [6.45, 7) is 1.63. The summed E-state index contributed by atoms with van der Waals surface area (Å²) >= 11 is 1.17. The van der Waals surface area contributed by atoms with E-state index in [1.807, 2.05) is 0 Å². The lowest BCUT2D eigenvalue weighted by Gasteiger charge is -2.07. The number of benzene rings is 1. The van der Waals surface area contributed by atoms with Crippen LogP contribution in [0.3, 0.4) is 0 Å². The number of carbonyl (C=O) groups excluding carboxylic acids is 2. The number of thiophene rings is 1. The van der Waals surface area contributed by atoms with E-state index in [0.29, 0.717) is 21.9 Å². The van der Waals surface area contributed by atoms with Gasteiger partial charge in [0.15, 0.2) is 0 Å². The normalized spacial score (nSPS) is 10.8. The molecule has 0 saturated carbocycles. The van der Waals surface area contributed by atoms with E-state index >= 15 is 0 Å². The van der Waals surface area contributed by atoms with Crippen LogP contribution in [0.1, 0.15) is 17.3 Å². The van der Waals surface area contributed by atoms with Crippen molar-refractivity contribution >= 4 is 28.2 Å². The van der Waals surface area contributed by atoms with E-state index in [0.717, 1.165) is 4.80 Å². The van der Waals surface area contributed by atoms with Crippen LogP contribution >= 0.6 is 11.3 Å². The number of furan rings is 1. The topological polar surface area (TPSA) is 112 Å². The Morgan fingerprint density at radius 2 is 2.16 bits per heavy atom. The fraction of sp³-hybridized carbons (Fsp3) is 0.150. The summed E-state index contributed by atoms with van der Waals surface area (Å²) in [4.78, 5) is 26.1. The van der Waals surface area contributed by atoms with Gasteiger partial charge >= 0.3 is 5.97 Å². The summed E-state index contributed by atoms with van der Waals surface area (Å²) in [7, 11) is 0. The third-order valence-corrected chi connectivity index (χ3v) is 5.03. The second-order valence-electron chi connectivity index (χ2n) is 6.25. The number of amides is 1. The highest BCUT2D eigenvalue weighted by atomic mass is 32.1. The monoisotopic (exact) mass is 441 g/mol. The summed E-state index contributed by atoms with van der Waals surface area (Å²) in [6.07, 6.45) is 1.49. The van der Waals surface area contributed by atoms with Crippen molar-refractivity contribution < 1.29 is 23.1 Å². The molecule has 0 spiro atoms. The van der Waals surface area contributed by atoms with Gasteiger partial charge in [-0.15, -0.1) is 21.5 Å². The quantitative estimate of drug-likeness (QED) is 0.436. The molecule has 0 aliphatic carbocycles. The van der Waals surface area contributed by atoms with E-state index in [9.17, 15) is 14.0 Å². The number of halogens is 1. The molecule has 158 valence electrons.